The van der Waals surface area contributed by atoms with Crippen molar-refractivity contribution in [2.45, 2.75) is 0 Å². The Balaban J connectivity index is 2.53. The fraction of sp³-hybridized carbons (Fsp3) is 0.333. The molecule has 1 aromatic carbocycles. The van der Waals surface area contributed by atoms with Gasteiger partial charge >= 0.3 is 11.9 Å². The Morgan fingerprint density at radius 2 is 1.81 bits per heavy atom. The second-order valence-corrected chi connectivity index (χ2v) is 6.12. The van der Waals surface area contributed by atoms with E-state index in [1.807, 2.05) is 30.3 Å². The average Bonchev–Trinajstić information content (AvgIpc) is 2.53. The highest BCUT2D eigenvalue weighted by molar-refractivity contribution is 8.09. The van der Waals surface area contributed by atoms with Crippen molar-refractivity contribution in [1.82, 2.24) is 0 Å². The number of hydrogen-bond acceptors (Lipinski definition) is 6. The van der Waals surface area contributed by atoms with Gasteiger partial charge in [0.1, 0.15) is 0 Å². The molecule has 0 aliphatic rings. The average molecular weight is 326 g/mol. The van der Waals surface area contributed by atoms with Crippen molar-refractivity contribution in [2.24, 2.45) is 0 Å². The fourth-order valence-corrected chi connectivity index (χ4v) is 3.34. The molecule has 0 aliphatic carbocycles. The summed E-state index contributed by atoms with van der Waals surface area (Å²) in [4.78, 5) is 23.3. The highest BCUT2D eigenvalue weighted by Gasteiger charge is 2.06. The highest BCUT2D eigenvalue weighted by atomic mass is 32.2. The summed E-state index contributed by atoms with van der Waals surface area (Å²) in [5, 5.41) is 0. The minimum absolute atomic E-state index is 0.224. The predicted molar refractivity (Wildman–Crippen MR) is 88.2 cm³/mol. The fourth-order valence-electron chi connectivity index (χ4n) is 1.40. The van der Waals surface area contributed by atoms with E-state index in [1.54, 1.807) is 11.8 Å². The lowest BCUT2D eigenvalue weighted by Gasteiger charge is -2.07. The lowest BCUT2D eigenvalue weighted by atomic mass is 10.2. The number of benzene rings is 1. The highest BCUT2D eigenvalue weighted by Crippen LogP contribution is 2.28. The van der Waals surface area contributed by atoms with Crippen molar-refractivity contribution in [1.29, 1.82) is 0 Å². The molecule has 0 heterocycles. The van der Waals surface area contributed by atoms with E-state index in [0.717, 1.165) is 22.0 Å². The van der Waals surface area contributed by atoms with E-state index in [-0.39, 0.29) is 11.9 Å². The third kappa shape index (κ3) is 7.24. The van der Waals surface area contributed by atoms with Gasteiger partial charge in [-0.25, -0.2) is 4.79 Å². The molecular formula is C15H18O4S2. The summed E-state index contributed by atoms with van der Waals surface area (Å²) < 4.78 is 9.26. The van der Waals surface area contributed by atoms with Crippen molar-refractivity contribution in [3.63, 3.8) is 0 Å². The van der Waals surface area contributed by atoms with Gasteiger partial charge in [-0.05, 0) is 5.56 Å². The van der Waals surface area contributed by atoms with Crippen LogP contribution >= 0.6 is 23.5 Å². The van der Waals surface area contributed by atoms with Crippen molar-refractivity contribution in [3.05, 3.63) is 42.0 Å². The van der Waals surface area contributed by atoms with E-state index < -0.39 is 0 Å². The lowest BCUT2D eigenvalue weighted by Crippen LogP contribution is -2.04. The molecule has 0 amide bonds. The molecule has 0 aliphatic heterocycles. The van der Waals surface area contributed by atoms with Gasteiger partial charge < -0.3 is 9.47 Å². The number of rotatable bonds is 8. The first-order chi connectivity index (χ1) is 10.2. The van der Waals surface area contributed by atoms with Gasteiger partial charge in [-0.15, -0.1) is 23.5 Å². The van der Waals surface area contributed by atoms with Crippen LogP contribution in [0.25, 0.3) is 4.91 Å². The normalized spacial score (nSPS) is 11.0. The van der Waals surface area contributed by atoms with Gasteiger partial charge in [-0.3, -0.25) is 4.79 Å². The number of methoxy groups -OCH3 is 2. The zero-order valence-corrected chi connectivity index (χ0v) is 13.7. The second kappa shape index (κ2) is 10.3. The summed E-state index contributed by atoms with van der Waals surface area (Å²) in [6.45, 7) is 0. The van der Waals surface area contributed by atoms with Crippen LogP contribution in [0.15, 0.2) is 36.4 Å². The first kappa shape index (κ1) is 17.7. The van der Waals surface area contributed by atoms with Crippen LogP contribution in [0, 0.1) is 0 Å². The first-order valence-electron chi connectivity index (χ1n) is 6.29. The van der Waals surface area contributed by atoms with E-state index in [9.17, 15) is 9.59 Å². The van der Waals surface area contributed by atoms with Crippen LogP contribution in [0.5, 0.6) is 0 Å². The van der Waals surface area contributed by atoms with Crippen molar-refractivity contribution in [2.75, 3.05) is 31.5 Å². The minimum atomic E-state index is -0.372. The van der Waals surface area contributed by atoms with Gasteiger partial charge in [0.05, 0.1) is 20.0 Å². The Morgan fingerprint density at radius 3 is 2.43 bits per heavy atom. The molecule has 0 aromatic heterocycles. The summed E-state index contributed by atoms with van der Waals surface area (Å²) in [6.07, 6.45) is 1.49. The SMILES string of the molecule is COC(=O)/C=C(\SCCSCC(=O)OC)c1ccccc1. The summed E-state index contributed by atoms with van der Waals surface area (Å²) in [7, 11) is 2.74. The van der Waals surface area contributed by atoms with Crippen molar-refractivity contribution >= 4 is 40.4 Å². The number of esters is 2. The van der Waals surface area contributed by atoms with Gasteiger partial charge in [0, 0.05) is 22.5 Å². The Morgan fingerprint density at radius 1 is 1.10 bits per heavy atom. The summed E-state index contributed by atoms with van der Waals surface area (Å²) in [6, 6.07) is 9.67. The number of hydrogen-bond donors (Lipinski definition) is 0. The van der Waals surface area contributed by atoms with E-state index in [2.05, 4.69) is 9.47 Å². The minimum Gasteiger partial charge on any atom is -0.468 e. The number of carbonyl (C=O) groups excluding carboxylic acids is 2. The molecule has 6 heteroatoms. The van der Waals surface area contributed by atoms with Crippen LogP contribution in [-0.4, -0.2) is 43.4 Å². The predicted octanol–water partition coefficient (Wildman–Crippen LogP) is 2.84. The molecule has 0 unspecified atom stereocenters. The smallest absolute Gasteiger partial charge is 0.331 e. The molecule has 1 aromatic rings. The first-order valence-corrected chi connectivity index (χ1v) is 8.44. The second-order valence-electron chi connectivity index (χ2n) is 3.87. The van der Waals surface area contributed by atoms with Gasteiger partial charge in [-0.2, -0.15) is 0 Å². The summed E-state index contributed by atoms with van der Waals surface area (Å²) in [5.41, 5.74) is 0.978. The molecular weight excluding hydrogens is 308 g/mol. The van der Waals surface area contributed by atoms with E-state index >= 15 is 0 Å². The number of thioether (sulfide) groups is 2. The third-order valence-corrected chi connectivity index (χ3v) is 4.71. The Hall–Kier alpha value is -1.40. The molecule has 4 nitrogen and oxygen atoms in total. The molecule has 0 N–H and O–H groups in total. The van der Waals surface area contributed by atoms with Crippen LogP contribution < -0.4 is 0 Å². The molecule has 0 saturated carbocycles. The summed E-state index contributed by atoms with van der Waals surface area (Å²) in [5.74, 6) is 1.34. The molecule has 0 saturated heterocycles. The van der Waals surface area contributed by atoms with Gasteiger partial charge in [0.15, 0.2) is 0 Å². The molecule has 114 valence electrons. The zero-order chi connectivity index (χ0) is 15.5. The van der Waals surface area contributed by atoms with Crippen LogP contribution in [-0.2, 0) is 19.1 Å². The van der Waals surface area contributed by atoms with Gasteiger partial charge in [-0.1, -0.05) is 30.3 Å². The molecule has 1 rings (SSSR count). The lowest BCUT2D eigenvalue weighted by molar-refractivity contribution is -0.137. The monoisotopic (exact) mass is 326 g/mol. The molecule has 0 radical (unpaired) electrons. The largest absolute Gasteiger partial charge is 0.468 e. The molecule has 21 heavy (non-hydrogen) atoms. The van der Waals surface area contributed by atoms with Gasteiger partial charge in [0.2, 0.25) is 0 Å². The summed E-state index contributed by atoms with van der Waals surface area (Å²) >= 11 is 3.07. The van der Waals surface area contributed by atoms with E-state index in [0.29, 0.717) is 5.75 Å². The van der Waals surface area contributed by atoms with Gasteiger partial charge in [0.25, 0.3) is 0 Å². The maximum absolute atomic E-state index is 11.4. The molecule has 0 atom stereocenters. The van der Waals surface area contributed by atoms with Crippen LogP contribution in [0.1, 0.15) is 5.56 Å². The number of ether oxygens (including phenoxy) is 2. The maximum atomic E-state index is 11.4. The Bertz CT molecular complexity index is 486. The van der Waals surface area contributed by atoms with Crippen molar-refractivity contribution < 1.29 is 19.1 Å². The third-order valence-electron chi connectivity index (χ3n) is 2.44. The molecule has 0 fully saturated rings. The molecule has 0 bridgehead atoms. The van der Waals surface area contributed by atoms with Crippen molar-refractivity contribution in [3.8, 4) is 0 Å². The zero-order valence-electron chi connectivity index (χ0n) is 12.0. The standard InChI is InChI=1S/C15H18O4S2/c1-18-14(16)10-13(12-6-4-3-5-7-12)21-9-8-20-11-15(17)19-2/h3-7,10H,8-9,11H2,1-2H3/b13-10-. The Kier molecular flexibility index (Phi) is 8.69. The maximum Gasteiger partial charge on any atom is 0.331 e. The van der Waals surface area contributed by atoms with E-state index in [1.165, 1.54) is 32.1 Å². The topological polar surface area (TPSA) is 52.6 Å². The molecule has 0 spiro atoms. The Labute approximate surface area is 133 Å². The quantitative estimate of drug-likeness (QED) is 0.416. The number of carbonyl (C=O) groups is 2. The van der Waals surface area contributed by atoms with Crippen LogP contribution in [0.4, 0.5) is 0 Å². The van der Waals surface area contributed by atoms with Crippen LogP contribution in [0.3, 0.4) is 0 Å². The van der Waals surface area contributed by atoms with E-state index in [4.69, 9.17) is 0 Å². The van der Waals surface area contributed by atoms with Crippen LogP contribution in [0.2, 0.25) is 0 Å².